The van der Waals surface area contributed by atoms with Gasteiger partial charge >= 0.3 is 5.97 Å². The number of unbranched alkanes of at least 4 members (excludes halogenated alkanes) is 18. The average Bonchev–Trinajstić information content (AvgIpc) is 3.46. The molecule has 0 spiro atoms. The fourth-order valence-electron chi connectivity index (χ4n) is 12.3. The minimum atomic E-state index is 0.0674. The van der Waals surface area contributed by atoms with Crippen LogP contribution in [0.25, 0.3) is 0 Å². The highest BCUT2D eigenvalue weighted by molar-refractivity contribution is 5.69. The molecule has 0 aliphatic heterocycles. The highest BCUT2D eigenvalue weighted by Gasteiger charge is 2.59. The summed E-state index contributed by atoms with van der Waals surface area (Å²) in [6.07, 6.45) is 44.3. The zero-order valence-corrected chi connectivity index (χ0v) is 35.4. The van der Waals surface area contributed by atoms with Crippen molar-refractivity contribution in [1.82, 2.24) is 0 Å². The van der Waals surface area contributed by atoms with Crippen LogP contribution in [0.3, 0.4) is 0 Å². The third-order valence-electron chi connectivity index (χ3n) is 15.5. The maximum Gasteiger partial charge on any atom is 0.306 e. The van der Waals surface area contributed by atoms with Crippen LogP contribution >= 0.6 is 0 Å². The standard InChI is InChI=1S/C49H88O2/c1-7-8-9-10-11-12-13-14-15-16-17-18-19-20-21-22-23-24-25-29-47(50)51-42-34-36-48(5)41(38-42)30-31-43-45-33-32-44(40(4)28-26-27-39(2)3)49(45,6)37-35-46(43)48/h30,39-40,42-46H,7-29,31-38H2,1-6H3/t40-,42?,43?,44-,45?,46?,48+,49-/m1/s1. The van der Waals surface area contributed by atoms with Crippen molar-refractivity contribution in [2.24, 2.45) is 46.3 Å². The molecule has 3 fully saturated rings. The molecule has 2 nitrogen and oxygen atoms in total. The lowest BCUT2D eigenvalue weighted by atomic mass is 9.47. The van der Waals surface area contributed by atoms with Crippen molar-refractivity contribution in [3.8, 4) is 0 Å². The van der Waals surface area contributed by atoms with Gasteiger partial charge < -0.3 is 4.74 Å². The Morgan fingerprint density at radius 1 is 0.686 bits per heavy atom. The second kappa shape index (κ2) is 22.6. The number of carbonyl (C=O) groups is 1. The molecule has 2 heteroatoms. The Morgan fingerprint density at radius 2 is 1.25 bits per heavy atom. The Bertz CT molecular complexity index is 996. The monoisotopic (exact) mass is 709 g/mol. The minimum absolute atomic E-state index is 0.0674. The van der Waals surface area contributed by atoms with E-state index in [1.165, 1.54) is 173 Å². The van der Waals surface area contributed by atoms with E-state index in [-0.39, 0.29) is 12.1 Å². The lowest BCUT2D eigenvalue weighted by Gasteiger charge is -2.58. The van der Waals surface area contributed by atoms with Gasteiger partial charge in [-0.3, -0.25) is 4.79 Å². The van der Waals surface area contributed by atoms with Crippen LogP contribution in [0, 0.1) is 46.3 Å². The van der Waals surface area contributed by atoms with E-state index in [9.17, 15) is 4.79 Å². The van der Waals surface area contributed by atoms with Gasteiger partial charge in [-0.2, -0.15) is 0 Å². The Labute approximate surface area is 319 Å². The second-order valence-corrected chi connectivity index (χ2v) is 19.8. The normalized spacial score (nSPS) is 30.8. The number of carbonyl (C=O) groups excluding carboxylic acids is 1. The van der Waals surface area contributed by atoms with Crippen LogP contribution in [0.1, 0.15) is 241 Å². The van der Waals surface area contributed by atoms with Crippen LogP contribution in [0.4, 0.5) is 0 Å². The molecule has 0 saturated heterocycles. The highest BCUT2D eigenvalue weighted by atomic mass is 16.5. The Morgan fingerprint density at radius 3 is 1.82 bits per heavy atom. The number of hydrogen-bond acceptors (Lipinski definition) is 2. The summed E-state index contributed by atoms with van der Waals surface area (Å²) in [4.78, 5) is 12.9. The van der Waals surface area contributed by atoms with Gasteiger partial charge in [0.2, 0.25) is 0 Å². The molecule has 296 valence electrons. The van der Waals surface area contributed by atoms with E-state index in [1.54, 1.807) is 5.57 Å². The number of fused-ring (bicyclic) bond motifs is 5. The molecule has 0 aromatic carbocycles. The first-order chi connectivity index (χ1) is 24.7. The summed E-state index contributed by atoms with van der Waals surface area (Å²) in [5.41, 5.74) is 2.54. The van der Waals surface area contributed by atoms with Crippen molar-refractivity contribution in [1.29, 1.82) is 0 Å². The SMILES string of the molecule is CCCCCCCCCCCCCCCCCCCCCC(=O)OC1CC[C@@]2(C)C(=CCC3C2CC[C@@]2(C)C3CC[C@@H]2[C@H](C)CCCC(C)C)C1. The van der Waals surface area contributed by atoms with Gasteiger partial charge in [-0.15, -0.1) is 0 Å². The second-order valence-electron chi connectivity index (χ2n) is 19.8. The molecule has 0 radical (unpaired) electrons. The Hall–Kier alpha value is -0.790. The Balaban J connectivity index is 1.03. The van der Waals surface area contributed by atoms with Gasteiger partial charge in [0.25, 0.3) is 0 Å². The first-order valence-electron chi connectivity index (χ1n) is 23.6. The minimum Gasteiger partial charge on any atom is -0.462 e. The third-order valence-corrected chi connectivity index (χ3v) is 15.5. The lowest BCUT2D eigenvalue weighted by Crippen LogP contribution is -2.51. The van der Waals surface area contributed by atoms with E-state index >= 15 is 0 Å². The molecule has 0 N–H and O–H groups in total. The van der Waals surface area contributed by atoms with Crippen molar-refractivity contribution in [3.63, 3.8) is 0 Å². The Kier molecular flexibility index (Phi) is 19.0. The van der Waals surface area contributed by atoms with Gasteiger partial charge in [-0.1, -0.05) is 188 Å². The zero-order valence-electron chi connectivity index (χ0n) is 35.4. The molecule has 8 atom stereocenters. The summed E-state index contributed by atoms with van der Waals surface area (Å²) in [7, 11) is 0. The first-order valence-corrected chi connectivity index (χ1v) is 23.6. The molecule has 51 heavy (non-hydrogen) atoms. The topological polar surface area (TPSA) is 26.3 Å². The predicted octanol–water partition coefficient (Wildman–Crippen LogP) is 15.8. The predicted molar refractivity (Wildman–Crippen MR) is 221 cm³/mol. The van der Waals surface area contributed by atoms with Crippen molar-refractivity contribution >= 4 is 5.97 Å². The molecular weight excluding hydrogens is 621 g/mol. The van der Waals surface area contributed by atoms with Crippen LogP contribution in [0.5, 0.6) is 0 Å². The molecule has 0 heterocycles. The first kappa shape index (κ1) is 42.9. The molecule has 4 rings (SSSR count). The van der Waals surface area contributed by atoms with E-state index in [0.29, 0.717) is 17.3 Å². The summed E-state index contributed by atoms with van der Waals surface area (Å²) >= 11 is 0. The molecule has 0 aromatic rings. The number of esters is 1. The van der Waals surface area contributed by atoms with Gasteiger partial charge in [0.15, 0.2) is 0 Å². The summed E-state index contributed by atoms with van der Waals surface area (Å²) < 4.78 is 6.15. The molecule has 4 unspecified atom stereocenters. The largest absolute Gasteiger partial charge is 0.462 e. The van der Waals surface area contributed by atoms with Crippen molar-refractivity contribution in [3.05, 3.63) is 11.6 Å². The van der Waals surface area contributed by atoms with Gasteiger partial charge in [0.05, 0.1) is 0 Å². The van der Waals surface area contributed by atoms with Crippen molar-refractivity contribution < 1.29 is 9.53 Å². The van der Waals surface area contributed by atoms with Gasteiger partial charge in [0, 0.05) is 12.8 Å². The smallest absolute Gasteiger partial charge is 0.306 e. The highest BCUT2D eigenvalue weighted by Crippen LogP contribution is 2.67. The number of hydrogen-bond donors (Lipinski definition) is 0. The molecule has 4 aliphatic carbocycles. The molecule has 0 aromatic heterocycles. The summed E-state index contributed by atoms with van der Waals surface area (Å²) in [5.74, 6) is 5.34. The quantitative estimate of drug-likeness (QED) is 0.0508. The van der Waals surface area contributed by atoms with E-state index in [1.807, 2.05) is 0 Å². The van der Waals surface area contributed by atoms with E-state index in [2.05, 4.69) is 47.6 Å². The number of rotatable bonds is 26. The molecule has 3 saturated carbocycles. The van der Waals surface area contributed by atoms with Crippen molar-refractivity contribution in [2.75, 3.05) is 0 Å². The fraction of sp³-hybridized carbons (Fsp3) is 0.939. The number of ether oxygens (including phenoxy) is 1. The summed E-state index contributed by atoms with van der Waals surface area (Å²) in [6, 6.07) is 0. The lowest BCUT2D eigenvalue weighted by molar-refractivity contribution is -0.151. The summed E-state index contributed by atoms with van der Waals surface area (Å²) in [6.45, 7) is 15.0. The van der Waals surface area contributed by atoms with Gasteiger partial charge in [-0.25, -0.2) is 0 Å². The average molecular weight is 709 g/mol. The summed E-state index contributed by atoms with van der Waals surface area (Å²) in [5, 5.41) is 0. The molecule has 0 amide bonds. The van der Waals surface area contributed by atoms with Crippen LogP contribution in [-0.4, -0.2) is 12.1 Å². The number of allylic oxidation sites excluding steroid dienone is 1. The van der Waals surface area contributed by atoms with Crippen LogP contribution in [-0.2, 0) is 9.53 Å². The molecular formula is C49H88O2. The van der Waals surface area contributed by atoms with Crippen LogP contribution < -0.4 is 0 Å². The van der Waals surface area contributed by atoms with E-state index in [4.69, 9.17) is 4.74 Å². The molecule has 4 aliphatic rings. The third kappa shape index (κ3) is 12.9. The van der Waals surface area contributed by atoms with Gasteiger partial charge in [0.1, 0.15) is 6.10 Å². The maximum atomic E-state index is 12.9. The zero-order chi connectivity index (χ0) is 36.5. The van der Waals surface area contributed by atoms with Crippen LogP contribution in [0.2, 0.25) is 0 Å². The fourth-order valence-corrected chi connectivity index (χ4v) is 12.3. The molecule has 0 bridgehead atoms. The van der Waals surface area contributed by atoms with Crippen LogP contribution in [0.15, 0.2) is 11.6 Å². The maximum absolute atomic E-state index is 12.9. The van der Waals surface area contributed by atoms with Gasteiger partial charge in [-0.05, 0) is 97.7 Å². The van der Waals surface area contributed by atoms with Crippen molar-refractivity contribution in [2.45, 2.75) is 247 Å². The van der Waals surface area contributed by atoms with E-state index < -0.39 is 0 Å². The van der Waals surface area contributed by atoms with E-state index in [0.717, 1.165) is 54.8 Å².